The molecular weight excluding hydrogens is 264 g/mol. The highest BCUT2D eigenvalue weighted by Gasteiger charge is 2.12. The van der Waals surface area contributed by atoms with Gasteiger partial charge in [0.25, 0.3) is 0 Å². The first-order valence-corrected chi connectivity index (χ1v) is 6.59. The smallest absolute Gasteiger partial charge is 0.182 e. The zero-order chi connectivity index (χ0) is 14.2. The Morgan fingerprint density at radius 1 is 1.10 bits per heavy atom. The van der Waals surface area contributed by atoms with E-state index < -0.39 is 0 Å². The second-order valence-corrected chi connectivity index (χ2v) is 4.74. The Morgan fingerprint density at radius 3 is 2.71 bits per heavy atom. The minimum Gasteiger partial charge on any atom is -0.350 e. The molecule has 3 aromatic heterocycles. The fourth-order valence-electron chi connectivity index (χ4n) is 2.37. The van der Waals surface area contributed by atoms with Gasteiger partial charge in [-0.1, -0.05) is 30.3 Å². The molecule has 21 heavy (non-hydrogen) atoms. The highest BCUT2D eigenvalue weighted by Crippen LogP contribution is 2.25. The van der Waals surface area contributed by atoms with E-state index in [0.717, 1.165) is 22.3 Å². The first-order valence-electron chi connectivity index (χ1n) is 6.59. The highest BCUT2D eigenvalue weighted by molar-refractivity contribution is 5.87. The summed E-state index contributed by atoms with van der Waals surface area (Å²) in [6, 6.07) is 12.2. The third-order valence-electron chi connectivity index (χ3n) is 3.29. The fraction of sp³-hybridized carbons (Fsp3) is 0.0667. The van der Waals surface area contributed by atoms with Gasteiger partial charge in [0.2, 0.25) is 0 Å². The summed E-state index contributed by atoms with van der Waals surface area (Å²) in [4.78, 5) is 16.3. The van der Waals surface area contributed by atoms with E-state index in [-0.39, 0.29) is 0 Å². The zero-order valence-electron chi connectivity index (χ0n) is 11.4. The molecule has 0 unspecified atom stereocenters. The summed E-state index contributed by atoms with van der Waals surface area (Å²) >= 11 is 0. The molecule has 0 aliphatic carbocycles. The molecule has 4 aromatic rings. The molecule has 0 bridgehead atoms. The average Bonchev–Trinajstić information content (AvgIpc) is 3.16. The van der Waals surface area contributed by atoms with Crippen LogP contribution in [0.25, 0.3) is 28.1 Å². The summed E-state index contributed by atoms with van der Waals surface area (Å²) in [5, 5.41) is 4.16. The predicted octanol–water partition coefficient (Wildman–Crippen LogP) is 2.51. The van der Waals surface area contributed by atoms with Crippen LogP contribution in [0.2, 0.25) is 0 Å². The number of hydrogen-bond acceptors (Lipinski definition) is 4. The Kier molecular flexibility index (Phi) is 2.53. The van der Waals surface area contributed by atoms with Crippen molar-refractivity contribution in [2.24, 2.45) is 0 Å². The number of H-pyrrole nitrogens is 1. The van der Waals surface area contributed by atoms with Crippen LogP contribution in [0.5, 0.6) is 0 Å². The van der Waals surface area contributed by atoms with Crippen molar-refractivity contribution in [2.45, 2.75) is 6.92 Å². The second kappa shape index (κ2) is 4.52. The quantitative estimate of drug-likeness (QED) is 0.610. The lowest BCUT2D eigenvalue weighted by molar-refractivity contribution is 0.838. The molecule has 4 rings (SSSR count). The molecule has 3 heterocycles. The molecule has 0 saturated heterocycles. The Bertz CT molecular complexity index is 893. The van der Waals surface area contributed by atoms with Crippen LogP contribution in [0.4, 0.5) is 0 Å². The number of benzene rings is 1. The van der Waals surface area contributed by atoms with Crippen molar-refractivity contribution in [2.75, 3.05) is 0 Å². The maximum atomic E-state index is 4.49. The minimum absolute atomic E-state index is 0.701. The summed E-state index contributed by atoms with van der Waals surface area (Å²) in [6.45, 7) is 1.87. The van der Waals surface area contributed by atoms with Crippen molar-refractivity contribution in [3.05, 3.63) is 54.9 Å². The molecule has 1 N–H and O–H groups in total. The first kappa shape index (κ1) is 11.8. The van der Waals surface area contributed by atoms with Crippen LogP contribution in [0.15, 0.2) is 49.1 Å². The normalized spacial score (nSPS) is 11.1. The maximum absolute atomic E-state index is 4.49. The summed E-state index contributed by atoms with van der Waals surface area (Å²) in [5.74, 6) is 1.41. The van der Waals surface area contributed by atoms with Gasteiger partial charge in [-0.3, -0.25) is 0 Å². The molecule has 0 amide bonds. The molecule has 0 fully saturated rings. The number of aryl methyl sites for hydroxylation is 1. The maximum Gasteiger partial charge on any atom is 0.182 e. The standard InChI is InChI=1S/C15H12N6/c1-10-18-13-7-12(11-5-3-2-4-6-11)20-14(13)15(19-10)21-9-16-8-17-21/h2-9,20H,1H3. The van der Waals surface area contributed by atoms with E-state index in [1.807, 2.05) is 31.2 Å². The van der Waals surface area contributed by atoms with Gasteiger partial charge in [0.05, 0.1) is 5.52 Å². The Hall–Kier alpha value is -3.02. The molecule has 0 radical (unpaired) electrons. The van der Waals surface area contributed by atoms with Gasteiger partial charge in [-0.15, -0.1) is 0 Å². The SMILES string of the molecule is Cc1nc(-n2cncn2)c2[nH]c(-c3ccccc3)cc2n1. The van der Waals surface area contributed by atoms with Gasteiger partial charge in [-0.2, -0.15) is 5.10 Å². The molecule has 0 atom stereocenters. The molecule has 0 aliphatic heterocycles. The third-order valence-corrected chi connectivity index (χ3v) is 3.29. The number of hydrogen-bond donors (Lipinski definition) is 1. The van der Waals surface area contributed by atoms with Gasteiger partial charge in [-0.05, 0) is 18.6 Å². The van der Waals surface area contributed by atoms with Crippen LogP contribution in [-0.4, -0.2) is 29.7 Å². The molecule has 6 nitrogen and oxygen atoms in total. The van der Waals surface area contributed by atoms with Crippen LogP contribution in [0.1, 0.15) is 5.82 Å². The summed E-state index contributed by atoms with van der Waals surface area (Å²) in [6.07, 6.45) is 3.12. The van der Waals surface area contributed by atoms with Gasteiger partial charge in [0, 0.05) is 5.69 Å². The highest BCUT2D eigenvalue weighted by atomic mass is 15.3. The van der Waals surface area contributed by atoms with E-state index in [2.05, 4.69) is 37.2 Å². The molecule has 6 heteroatoms. The van der Waals surface area contributed by atoms with E-state index in [9.17, 15) is 0 Å². The number of aromatic amines is 1. The summed E-state index contributed by atoms with van der Waals surface area (Å²) < 4.78 is 1.64. The van der Waals surface area contributed by atoms with Gasteiger partial charge in [0.15, 0.2) is 5.82 Å². The van der Waals surface area contributed by atoms with Crippen molar-refractivity contribution in [3.63, 3.8) is 0 Å². The Labute approximate surface area is 120 Å². The van der Waals surface area contributed by atoms with Crippen LogP contribution in [0.3, 0.4) is 0 Å². The molecule has 0 saturated carbocycles. The van der Waals surface area contributed by atoms with Gasteiger partial charge < -0.3 is 4.98 Å². The van der Waals surface area contributed by atoms with Crippen LogP contribution < -0.4 is 0 Å². The molecule has 0 spiro atoms. The number of fused-ring (bicyclic) bond motifs is 1. The van der Waals surface area contributed by atoms with Crippen LogP contribution >= 0.6 is 0 Å². The van der Waals surface area contributed by atoms with Gasteiger partial charge in [-0.25, -0.2) is 19.6 Å². The van der Waals surface area contributed by atoms with Crippen molar-refractivity contribution < 1.29 is 0 Å². The van der Waals surface area contributed by atoms with Crippen molar-refractivity contribution >= 4 is 11.0 Å². The van der Waals surface area contributed by atoms with E-state index in [1.54, 1.807) is 11.0 Å². The van der Waals surface area contributed by atoms with Gasteiger partial charge in [0.1, 0.15) is 24.0 Å². The van der Waals surface area contributed by atoms with Crippen molar-refractivity contribution in [1.82, 2.24) is 29.7 Å². The molecule has 1 aromatic carbocycles. The summed E-state index contributed by atoms with van der Waals surface area (Å²) in [7, 11) is 0. The minimum atomic E-state index is 0.701. The average molecular weight is 276 g/mol. The van der Waals surface area contributed by atoms with Crippen molar-refractivity contribution in [1.29, 1.82) is 0 Å². The topological polar surface area (TPSA) is 72.3 Å². The zero-order valence-corrected chi connectivity index (χ0v) is 11.4. The largest absolute Gasteiger partial charge is 0.350 e. The van der Waals surface area contributed by atoms with E-state index >= 15 is 0 Å². The molecule has 0 aliphatic rings. The van der Waals surface area contributed by atoms with E-state index in [0.29, 0.717) is 11.6 Å². The number of nitrogens with one attached hydrogen (secondary N) is 1. The first-order chi connectivity index (χ1) is 10.3. The number of nitrogens with zero attached hydrogens (tertiary/aromatic N) is 5. The second-order valence-electron chi connectivity index (χ2n) is 4.74. The van der Waals surface area contributed by atoms with Crippen molar-refractivity contribution in [3.8, 4) is 17.1 Å². The van der Waals surface area contributed by atoms with E-state index in [1.165, 1.54) is 6.33 Å². The lowest BCUT2D eigenvalue weighted by atomic mass is 10.2. The lowest BCUT2D eigenvalue weighted by Gasteiger charge is -2.02. The Balaban J connectivity index is 1.97. The lowest BCUT2D eigenvalue weighted by Crippen LogP contribution is -2.02. The molecular formula is C15H12N6. The number of aromatic nitrogens is 6. The fourth-order valence-corrected chi connectivity index (χ4v) is 2.37. The number of rotatable bonds is 2. The predicted molar refractivity (Wildman–Crippen MR) is 79.0 cm³/mol. The monoisotopic (exact) mass is 276 g/mol. The van der Waals surface area contributed by atoms with Crippen LogP contribution in [0, 0.1) is 6.92 Å². The summed E-state index contributed by atoms with van der Waals surface area (Å²) in [5.41, 5.74) is 3.83. The van der Waals surface area contributed by atoms with E-state index in [4.69, 9.17) is 0 Å². The van der Waals surface area contributed by atoms with Gasteiger partial charge >= 0.3 is 0 Å². The Morgan fingerprint density at radius 2 is 1.95 bits per heavy atom. The third kappa shape index (κ3) is 1.97. The van der Waals surface area contributed by atoms with Crippen LogP contribution in [-0.2, 0) is 0 Å². The molecule has 102 valence electrons.